The van der Waals surface area contributed by atoms with E-state index >= 15 is 0 Å². The van der Waals surface area contributed by atoms with Crippen molar-refractivity contribution in [1.82, 2.24) is 19.0 Å². The number of hydrogen-bond donors (Lipinski definition) is 1. The van der Waals surface area contributed by atoms with Crippen molar-refractivity contribution in [1.29, 1.82) is 0 Å². The minimum atomic E-state index is -0.879. The molecule has 1 aromatic heterocycles. The molecule has 2 aromatic rings. The van der Waals surface area contributed by atoms with E-state index in [0.29, 0.717) is 12.1 Å². The van der Waals surface area contributed by atoms with Crippen LogP contribution in [0, 0.1) is 0 Å². The van der Waals surface area contributed by atoms with Gasteiger partial charge in [-0.3, -0.25) is 9.59 Å². The fourth-order valence-electron chi connectivity index (χ4n) is 2.66. The Bertz CT molecular complexity index is 1070. The summed E-state index contributed by atoms with van der Waals surface area (Å²) in [5, 5.41) is 2.65. The van der Waals surface area contributed by atoms with Crippen molar-refractivity contribution in [2.24, 2.45) is 0 Å². The molecule has 0 radical (unpaired) electrons. The number of nitrogens with one attached hydrogen (secondary N) is 1. The van der Waals surface area contributed by atoms with E-state index in [1.165, 1.54) is 19.1 Å². The predicted octanol–water partition coefficient (Wildman–Crippen LogP) is 0.0627. The lowest BCUT2D eigenvalue weighted by Gasteiger charge is -2.12. The average molecular weight is 398 g/mol. The lowest BCUT2D eigenvalue weighted by Crippen LogP contribution is -2.55. The zero-order valence-electron chi connectivity index (χ0n) is 16.1. The highest BCUT2D eigenvalue weighted by Crippen LogP contribution is 2.06. The second kappa shape index (κ2) is 9.45. The number of amides is 1. The van der Waals surface area contributed by atoms with Crippen LogP contribution in [-0.2, 0) is 31.0 Å². The van der Waals surface area contributed by atoms with Gasteiger partial charge in [-0.05, 0) is 5.56 Å². The van der Waals surface area contributed by atoms with Crippen molar-refractivity contribution in [3.05, 3.63) is 92.2 Å². The Morgan fingerprint density at radius 2 is 1.38 bits per heavy atom. The molecule has 9 heteroatoms. The van der Waals surface area contributed by atoms with E-state index in [1.54, 1.807) is 24.3 Å². The zero-order chi connectivity index (χ0) is 21.6. The number of carbonyl (C=O) groups is 2. The van der Waals surface area contributed by atoms with Gasteiger partial charge in [0.05, 0.1) is 19.6 Å². The summed E-state index contributed by atoms with van der Waals surface area (Å²) >= 11 is 0. The molecule has 29 heavy (non-hydrogen) atoms. The van der Waals surface area contributed by atoms with E-state index in [9.17, 15) is 24.0 Å². The quantitative estimate of drug-likeness (QED) is 0.474. The molecule has 2 rings (SSSR count). The van der Waals surface area contributed by atoms with Crippen LogP contribution in [-0.4, -0.2) is 25.4 Å². The maximum atomic E-state index is 12.6. The molecule has 0 fully saturated rings. The molecule has 0 bridgehead atoms. The van der Waals surface area contributed by atoms with E-state index in [0.717, 1.165) is 19.3 Å². The van der Waals surface area contributed by atoms with Gasteiger partial charge < -0.3 is 5.32 Å². The van der Waals surface area contributed by atoms with E-state index in [4.69, 9.17) is 0 Å². The Morgan fingerprint density at radius 1 is 0.897 bits per heavy atom. The monoisotopic (exact) mass is 398 g/mol. The summed E-state index contributed by atoms with van der Waals surface area (Å²) < 4.78 is 2.39. The first kappa shape index (κ1) is 21.5. The number of aromatic nitrogens is 3. The number of nitrogens with zero attached hydrogens (tertiary/aromatic N) is 3. The Morgan fingerprint density at radius 3 is 1.83 bits per heavy atom. The maximum absolute atomic E-state index is 12.6. The third-order valence-corrected chi connectivity index (χ3v) is 4.13. The van der Waals surface area contributed by atoms with Gasteiger partial charge >= 0.3 is 17.1 Å². The SMILES string of the molecule is C=CCn1c(=O)n(CC=C)c(=O)n(CC(=O)c2ccc(CNC(C)=O)cc2)c1=O. The summed E-state index contributed by atoms with van der Waals surface area (Å²) in [7, 11) is 0. The number of Topliss-reactive ketones (excluding diaryl/α,β-unsaturated/α-hetero) is 1. The molecular weight excluding hydrogens is 376 g/mol. The molecule has 0 spiro atoms. The van der Waals surface area contributed by atoms with Crippen LogP contribution in [0.2, 0.25) is 0 Å². The van der Waals surface area contributed by atoms with Crippen LogP contribution in [0.5, 0.6) is 0 Å². The second-order valence-corrected chi connectivity index (χ2v) is 6.26. The molecule has 0 saturated heterocycles. The summed E-state index contributed by atoms with van der Waals surface area (Å²) in [6, 6.07) is 6.43. The summed E-state index contributed by atoms with van der Waals surface area (Å²) in [5.74, 6) is -0.640. The van der Waals surface area contributed by atoms with Crippen molar-refractivity contribution in [2.45, 2.75) is 33.1 Å². The largest absolute Gasteiger partial charge is 0.352 e. The number of ketones is 1. The Kier molecular flexibility index (Phi) is 7.02. The summed E-state index contributed by atoms with van der Waals surface area (Å²) in [5.41, 5.74) is -1.46. The first-order valence-electron chi connectivity index (χ1n) is 8.83. The number of carbonyl (C=O) groups excluding carboxylic acids is 2. The third kappa shape index (κ3) is 4.95. The normalized spacial score (nSPS) is 10.4. The van der Waals surface area contributed by atoms with E-state index in [1.807, 2.05) is 0 Å². The highest BCUT2D eigenvalue weighted by Gasteiger charge is 2.17. The van der Waals surface area contributed by atoms with Crippen molar-refractivity contribution in [3.8, 4) is 0 Å². The maximum Gasteiger partial charge on any atom is 0.337 e. The van der Waals surface area contributed by atoms with Crippen molar-refractivity contribution in [2.75, 3.05) is 0 Å². The summed E-state index contributed by atoms with van der Waals surface area (Å²) in [4.78, 5) is 61.1. The fourth-order valence-corrected chi connectivity index (χ4v) is 2.66. The smallest absolute Gasteiger partial charge is 0.337 e. The van der Waals surface area contributed by atoms with Crippen molar-refractivity contribution in [3.63, 3.8) is 0 Å². The zero-order valence-corrected chi connectivity index (χ0v) is 16.1. The Hall–Kier alpha value is -3.75. The average Bonchev–Trinajstić information content (AvgIpc) is 2.70. The van der Waals surface area contributed by atoms with Crippen LogP contribution in [0.3, 0.4) is 0 Å². The minimum Gasteiger partial charge on any atom is -0.352 e. The third-order valence-electron chi connectivity index (χ3n) is 4.13. The molecule has 0 aliphatic rings. The van der Waals surface area contributed by atoms with Gasteiger partial charge in [0, 0.05) is 19.0 Å². The van der Waals surface area contributed by atoms with E-state index in [-0.39, 0.29) is 19.0 Å². The number of hydrogen-bond acceptors (Lipinski definition) is 5. The van der Waals surface area contributed by atoms with Crippen LogP contribution in [0.4, 0.5) is 0 Å². The number of rotatable bonds is 9. The summed E-state index contributed by atoms with van der Waals surface area (Å²) in [6.07, 6.45) is 2.71. The topological polar surface area (TPSA) is 112 Å². The highest BCUT2D eigenvalue weighted by molar-refractivity contribution is 5.95. The van der Waals surface area contributed by atoms with Gasteiger partial charge in [-0.15, -0.1) is 13.2 Å². The highest BCUT2D eigenvalue weighted by atomic mass is 16.2. The standard InChI is InChI=1S/C20H22N4O5/c1-4-10-22-18(27)23(11-5-2)20(29)24(19(22)28)13-17(26)16-8-6-15(7-9-16)12-21-14(3)25/h4-9H,1-2,10-13H2,3H3,(H,21,25). The van der Waals surface area contributed by atoms with Gasteiger partial charge in [-0.1, -0.05) is 36.4 Å². The second-order valence-electron chi connectivity index (χ2n) is 6.26. The first-order valence-corrected chi connectivity index (χ1v) is 8.83. The molecule has 1 aromatic carbocycles. The van der Waals surface area contributed by atoms with Gasteiger partial charge in [0.1, 0.15) is 0 Å². The van der Waals surface area contributed by atoms with Crippen LogP contribution < -0.4 is 22.4 Å². The summed E-state index contributed by atoms with van der Waals surface area (Å²) in [6.45, 7) is 8.02. The van der Waals surface area contributed by atoms with Gasteiger partial charge in [-0.2, -0.15) is 0 Å². The Balaban J connectivity index is 2.39. The Labute approximate surface area is 166 Å². The van der Waals surface area contributed by atoms with Crippen LogP contribution in [0.25, 0.3) is 0 Å². The van der Waals surface area contributed by atoms with E-state index in [2.05, 4.69) is 18.5 Å². The van der Waals surface area contributed by atoms with Crippen molar-refractivity contribution >= 4 is 11.7 Å². The molecule has 0 saturated carbocycles. The molecule has 9 nitrogen and oxygen atoms in total. The molecule has 0 unspecified atom stereocenters. The molecule has 0 atom stereocenters. The van der Waals surface area contributed by atoms with Crippen LogP contribution in [0.15, 0.2) is 64.0 Å². The van der Waals surface area contributed by atoms with Gasteiger partial charge in [0.25, 0.3) is 0 Å². The minimum absolute atomic E-state index is 0.0961. The molecule has 1 amide bonds. The molecule has 1 heterocycles. The number of allylic oxidation sites excluding steroid dienone is 2. The first-order chi connectivity index (χ1) is 13.8. The lowest BCUT2D eigenvalue weighted by atomic mass is 10.1. The van der Waals surface area contributed by atoms with Crippen molar-refractivity contribution < 1.29 is 9.59 Å². The number of benzene rings is 1. The van der Waals surface area contributed by atoms with Gasteiger partial charge in [-0.25, -0.2) is 28.1 Å². The van der Waals surface area contributed by atoms with Gasteiger partial charge in [0.2, 0.25) is 5.91 Å². The van der Waals surface area contributed by atoms with Crippen LogP contribution in [0.1, 0.15) is 22.8 Å². The predicted molar refractivity (Wildman–Crippen MR) is 108 cm³/mol. The fraction of sp³-hybridized carbons (Fsp3) is 0.250. The molecule has 0 aliphatic heterocycles. The molecule has 152 valence electrons. The lowest BCUT2D eigenvalue weighted by molar-refractivity contribution is -0.119. The van der Waals surface area contributed by atoms with Gasteiger partial charge in [0.15, 0.2) is 5.78 Å². The molecular formula is C20H22N4O5. The molecule has 0 aliphatic carbocycles. The molecule has 1 N–H and O–H groups in total. The van der Waals surface area contributed by atoms with E-state index < -0.39 is 29.4 Å². The van der Waals surface area contributed by atoms with Crippen LogP contribution >= 0.6 is 0 Å².